The van der Waals surface area contributed by atoms with E-state index >= 15 is 0 Å². The molecular weight excluding hydrogens is 166 g/mol. The highest BCUT2D eigenvalue weighted by Gasteiger charge is 2.18. The maximum absolute atomic E-state index is 11.7. The molecule has 1 unspecified atom stereocenters. The second-order valence-electron chi connectivity index (χ2n) is 2.83. The van der Waals surface area contributed by atoms with Gasteiger partial charge in [-0.1, -0.05) is 6.08 Å². The van der Waals surface area contributed by atoms with E-state index in [1.54, 1.807) is 12.4 Å². The normalized spacial score (nSPS) is 20.5. The first-order valence-corrected chi connectivity index (χ1v) is 4.09. The molecule has 0 bridgehead atoms. The quantitative estimate of drug-likeness (QED) is 0.681. The maximum atomic E-state index is 11.7. The van der Waals surface area contributed by atoms with E-state index in [0.717, 1.165) is 0 Å². The molecule has 0 fully saturated rings. The number of allylic oxidation sites excluding steroid dienone is 1. The number of Topliss-reactive ketones (excluding diaryl/α,β-unsaturated/α-hetero) is 1. The molecule has 0 saturated carbocycles. The minimum absolute atomic E-state index is 0.0225. The molecule has 4 nitrogen and oxygen atoms in total. The Kier molecular flexibility index (Phi) is 2.04. The summed E-state index contributed by atoms with van der Waals surface area (Å²) in [5, 5.41) is 6.33. The first kappa shape index (κ1) is 7.91. The van der Waals surface area contributed by atoms with Crippen LogP contribution in [-0.4, -0.2) is 28.2 Å². The van der Waals surface area contributed by atoms with Crippen LogP contribution in [0.3, 0.4) is 0 Å². The van der Waals surface area contributed by atoms with E-state index in [0.29, 0.717) is 12.0 Å². The molecule has 1 aliphatic heterocycles. The van der Waals surface area contributed by atoms with Gasteiger partial charge < -0.3 is 0 Å². The predicted octanol–water partition coefficient (Wildman–Crippen LogP) is 0.992. The second kappa shape index (κ2) is 3.35. The van der Waals surface area contributed by atoms with E-state index in [4.69, 9.17) is 0 Å². The SMILES string of the molecule is O=C(c1cn[nH]c1)C1CC=CC=N1. The average molecular weight is 175 g/mol. The van der Waals surface area contributed by atoms with Gasteiger partial charge in [0.2, 0.25) is 0 Å². The Morgan fingerprint density at radius 2 is 2.54 bits per heavy atom. The molecule has 13 heavy (non-hydrogen) atoms. The summed E-state index contributed by atoms with van der Waals surface area (Å²) in [7, 11) is 0. The van der Waals surface area contributed by atoms with Crippen LogP contribution in [0, 0.1) is 0 Å². The number of ketones is 1. The Bertz CT molecular complexity index is 351. The van der Waals surface area contributed by atoms with Crippen LogP contribution in [0.1, 0.15) is 16.8 Å². The smallest absolute Gasteiger partial charge is 0.190 e. The molecule has 2 rings (SSSR count). The van der Waals surface area contributed by atoms with Crippen LogP contribution in [0.4, 0.5) is 0 Å². The van der Waals surface area contributed by atoms with E-state index in [9.17, 15) is 4.79 Å². The van der Waals surface area contributed by atoms with Crippen molar-refractivity contribution in [1.29, 1.82) is 0 Å². The summed E-state index contributed by atoms with van der Waals surface area (Å²) in [5.41, 5.74) is 0.595. The molecule has 0 saturated heterocycles. The summed E-state index contributed by atoms with van der Waals surface area (Å²) in [6, 6.07) is -0.261. The zero-order chi connectivity index (χ0) is 9.10. The van der Waals surface area contributed by atoms with Gasteiger partial charge in [0, 0.05) is 12.4 Å². The minimum atomic E-state index is -0.261. The number of aromatic nitrogens is 2. The largest absolute Gasteiger partial charge is 0.292 e. The van der Waals surface area contributed by atoms with Gasteiger partial charge in [-0.25, -0.2) is 0 Å². The molecule has 2 heterocycles. The molecule has 66 valence electrons. The van der Waals surface area contributed by atoms with Crippen molar-refractivity contribution in [3.8, 4) is 0 Å². The number of rotatable bonds is 2. The van der Waals surface area contributed by atoms with Crippen LogP contribution in [0.15, 0.2) is 29.5 Å². The third-order valence-corrected chi connectivity index (χ3v) is 1.93. The lowest BCUT2D eigenvalue weighted by atomic mass is 10.0. The van der Waals surface area contributed by atoms with Gasteiger partial charge in [0.25, 0.3) is 0 Å². The Balaban J connectivity index is 2.14. The molecule has 1 aromatic rings. The van der Waals surface area contributed by atoms with Gasteiger partial charge in [-0.2, -0.15) is 5.10 Å². The van der Waals surface area contributed by atoms with E-state index in [2.05, 4.69) is 15.2 Å². The number of H-pyrrole nitrogens is 1. The molecule has 0 aliphatic carbocycles. The highest BCUT2D eigenvalue weighted by molar-refractivity contribution is 6.01. The van der Waals surface area contributed by atoms with Gasteiger partial charge in [-0.3, -0.25) is 14.9 Å². The fourth-order valence-electron chi connectivity index (χ4n) is 1.24. The molecule has 1 aromatic heterocycles. The van der Waals surface area contributed by atoms with Gasteiger partial charge in [-0.05, 0) is 12.5 Å². The van der Waals surface area contributed by atoms with Crippen molar-refractivity contribution >= 4 is 12.0 Å². The number of hydrogen-bond acceptors (Lipinski definition) is 3. The molecule has 0 amide bonds. The molecular formula is C9H9N3O. The van der Waals surface area contributed by atoms with Gasteiger partial charge in [0.15, 0.2) is 5.78 Å². The summed E-state index contributed by atoms with van der Waals surface area (Å²) in [5.74, 6) is 0.0225. The average Bonchev–Trinajstić information content (AvgIpc) is 2.71. The predicted molar refractivity (Wildman–Crippen MR) is 49.0 cm³/mol. The number of carbonyl (C=O) groups is 1. The summed E-state index contributed by atoms with van der Waals surface area (Å²) >= 11 is 0. The molecule has 0 spiro atoms. The van der Waals surface area contributed by atoms with Crippen molar-refractivity contribution in [1.82, 2.24) is 10.2 Å². The van der Waals surface area contributed by atoms with Crippen LogP contribution >= 0.6 is 0 Å². The molecule has 4 heteroatoms. The zero-order valence-corrected chi connectivity index (χ0v) is 6.97. The Morgan fingerprint density at radius 1 is 1.62 bits per heavy atom. The fraction of sp³-hybridized carbons (Fsp3) is 0.222. The first-order valence-electron chi connectivity index (χ1n) is 4.09. The highest BCUT2D eigenvalue weighted by Crippen LogP contribution is 2.10. The highest BCUT2D eigenvalue weighted by atomic mass is 16.1. The molecule has 1 N–H and O–H groups in total. The molecule has 1 atom stereocenters. The standard InChI is InChI=1S/C9H9N3O/c13-9(7-5-11-12-6-7)8-3-1-2-4-10-8/h1-2,4-6,8H,3H2,(H,11,12). The van der Waals surface area contributed by atoms with E-state index < -0.39 is 0 Å². The Morgan fingerprint density at radius 3 is 3.15 bits per heavy atom. The third kappa shape index (κ3) is 1.56. The number of carbonyl (C=O) groups excluding carboxylic acids is 1. The lowest BCUT2D eigenvalue weighted by molar-refractivity contribution is 0.0963. The minimum Gasteiger partial charge on any atom is -0.292 e. The van der Waals surface area contributed by atoms with Crippen molar-refractivity contribution < 1.29 is 4.79 Å². The number of dihydropyridines is 1. The molecule has 1 aliphatic rings. The lowest BCUT2D eigenvalue weighted by Gasteiger charge is -2.08. The third-order valence-electron chi connectivity index (χ3n) is 1.93. The van der Waals surface area contributed by atoms with Crippen molar-refractivity contribution in [3.63, 3.8) is 0 Å². The van der Waals surface area contributed by atoms with Crippen molar-refractivity contribution in [2.24, 2.45) is 4.99 Å². The first-order chi connectivity index (χ1) is 6.38. The molecule has 0 aromatic carbocycles. The number of nitrogens with zero attached hydrogens (tertiary/aromatic N) is 2. The fourth-order valence-corrected chi connectivity index (χ4v) is 1.24. The van der Waals surface area contributed by atoms with Gasteiger partial charge in [0.1, 0.15) is 6.04 Å². The lowest BCUT2D eigenvalue weighted by Crippen LogP contribution is -2.19. The summed E-state index contributed by atoms with van der Waals surface area (Å²) in [6.07, 6.45) is 9.24. The van der Waals surface area contributed by atoms with Crippen molar-refractivity contribution in [2.45, 2.75) is 12.5 Å². The second-order valence-corrected chi connectivity index (χ2v) is 2.83. The Labute approximate surface area is 75.4 Å². The van der Waals surface area contributed by atoms with E-state index in [1.165, 1.54) is 6.20 Å². The van der Waals surface area contributed by atoms with Crippen LogP contribution in [0.2, 0.25) is 0 Å². The topological polar surface area (TPSA) is 58.1 Å². The van der Waals surface area contributed by atoms with Gasteiger partial charge >= 0.3 is 0 Å². The van der Waals surface area contributed by atoms with Crippen molar-refractivity contribution in [3.05, 3.63) is 30.1 Å². The zero-order valence-electron chi connectivity index (χ0n) is 6.97. The van der Waals surface area contributed by atoms with Gasteiger partial charge in [0.05, 0.1) is 11.8 Å². The Hall–Kier alpha value is -1.71. The maximum Gasteiger partial charge on any atom is 0.190 e. The summed E-state index contributed by atoms with van der Waals surface area (Å²) in [4.78, 5) is 15.7. The number of nitrogens with one attached hydrogen (secondary N) is 1. The monoisotopic (exact) mass is 175 g/mol. The van der Waals surface area contributed by atoms with Crippen LogP contribution in [0.25, 0.3) is 0 Å². The van der Waals surface area contributed by atoms with E-state index in [1.807, 2.05) is 12.2 Å². The van der Waals surface area contributed by atoms with Crippen molar-refractivity contribution in [2.75, 3.05) is 0 Å². The number of aromatic amines is 1. The van der Waals surface area contributed by atoms with Crippen LogP contribution in [-0.2, 0) is 0 Å². The molecule has 0 radical (unpaired) electrons. The van der Waals surface area contributed by atoms with E-state index in [-0.39, 0.29) is 11.8 Å². The van der Waals surface area contributed by atoms with Gasteiger partial charge in [-0.15, -0.1) is 0 Å². The summed E-state index contributed by atoms with van der Waals surface area (Å²) in [6.45, 7) is 0. The number of hydrogen-bond donors (Lipinski definition) is 1. The van der Waals surface area contributed by atoms with Crippen LogP contribution < -0.4 is 0 Å². The number of aliphatic imine (C=N–C) groups is 1. The van der Waals surface area contributed by atoms with Crippen LogP contribution in [0.5, 0.6) is 0 Å². The summed E-state index contributed by atoms with van der Waals surface area (Å²) < 4.78 is 0.